The van der Waals surface area contributed by atoms with Crippen LogP contribution >= 0.6 is 0 Å². The molecule has 1 heterocycles. The lowest BCUT2D eigenvalue weighted by atomic mass is 9.99. The lowest BCUT2D eigenvalue weighted by Crippen LogP contribution is -2.39. The van der Waals surface area contributed by atoms with Gasteiger partial charge in [0.15, 0.2) is 0 Å². The molecule has 0 saturated carbocycles. The summed E-state index contributed by atoms with van der Waals surface area (Å²) < 4.78 is 0. The van der Waals surface area contributed by atoms with E-state index in [1.807, 2.05) is 37.3 Å². The Labute approximate surface area is 119 Å². The number of hydrogen-bond donors (Lipinski definition) is 2. The van der Waals surface area contributed by atoms with Gasteiger partial charge in [0.2, 0.25) is 0 Å². The number of nitrogens with zero attached hydrogens (tertiary/aromatic N) is 1. The van der Waals surface area contributed by atoms with Crippen molar-refractivity contribution in [2.75, 3.05) is 0 Å². The molecular weight excluding hydrogens is 252 g/mol. The van der Waals surface area contributed by atoms with Gasteiger partial charge in [0.05, 0.1) is 17.3 Å². The fraction of sp³-hybridized carbons (Fsp3) is 0.375. The average molecular weight is 272 g/mol. The van der Waals surface area contributed by atoms with E-state index in [1.165, 1.54) is 0 Å². The Balaban J connectivity index is 2.45. The Morgan fingerprint density at radius 2 is 2.05 bits per heavy atom. The Hall–Kier alpha value is -2.10. The van der Waals surface area contributed by atoms with E-state index in [2.05, 4.69) is 17.2 Å². The number of unbranched alkanes of at least 4 members (excludes halogenated alkanes) is 1. The Bertz CT molecular complexity index is 547. The maximum atomic E-state index is 11.5. The van der Waals surface area contributed by atoms with Crippen LogP contribution in [0.15, 0.2) is 40.9 Å². The first-order valence-corrected chi connectivity index (χ1v) is 7.00. The van der Waals surface area contributed by atoms with Crippen molar-refractivity contribution in [2.45, 2.75) is 39.2 Å². The number of rotatable bonds is 5. The Morgan fingerprint density at radius 3 is 2.65 bits per heavy atom. The number of nitrogens with one attached hydrogen (secondary N) is 1. The molecule has 1 aliphatic heterocycles. The minimum atomic E-state index is -0.915. The van der Waals surface area contributed by atoms with Gasteiger partial charge in [0.1, 0.15) is 5.84 Å². The molecule has 0 fully saturated rings. The largest absolute Gasteiger partial charge is 0.478 e. The zero-order valence-electron chi connectivity index (χ0n) is 11.9. The van der Waals surface area contributed by atoms with Gasteiger partial charge in [-0.1, -0.05) is 43.7 Å². The highest BCUT2D eigenvalue weighted by Gasteiger charge is 2.26. The summed E-state index contributed by atoms with van der Waals surface area (Å²) in [6.45, 7) is 4.00. The number of carbonyl (C=O) groups is 1. The molecule has 2 rings (SSSR count). The second kappa shape index (κ2) is 6.37. The van der Waals surface area contributed by atoms with Gasteiger partial charge in [-0.2, -0.15) is 0 Å². The van der Waals surface area contributed by atoms with Crippen molar-refractivity contribution < 1.29 is 9.90 Å². The molecule has 106 valence electrons. The standard InChI is InChI=1S/C16H20N2O2/c1-3-4-10-13-17-11(2)14(16(19)20)15(18-13)12-8-6-5-7-9-12/h5-9,11H,3-4,10H2,1-2H3,(H,17,18)(H,19,20). The second-order valence-electron chi connectivity index (χ2n) is 4.96. The van der Waals surface area contributed by atoms with Crippen molar-refractivity contribution in [3.8, 4) is 0 Å². The first kappa shape index (κ1) is 14.3. The maximum absolute atomic E-state index is 11.5. The summed E-state index contributed by atoms with van der Waals surface area (Å²) in [5, 5.41) is 12.6. The van der Waals surface area contributed by atoms with Crippen molar-refractivity contribution in [3.63, 3.8) is 0 Å². The number of amidine groups is 1. The fourth-order valence-electron chi connectivity index (χ4n) is 2.33. The van der Waals surface area contributed by atoms with Crippen LogP contribution in [0.1, 0.15) is 38.7 Å². The number of carboxylic acids is 1. The van der Waals surface area contributed by atoms with Gasteiger partial charge in [-0.05, 0) is 13.3 Å². The molecule has 2 N–H and O–H groups in total. The number of carboxylic acid groups (broad SMARTS) is 1. The van der Waals surface area contributed by atoms with Gasteiger partial charge in [-0.3, -0.25) is 0 Å². The third kappa shape index (κ3) is 3.07. The van der Waals surface area contributed by atoms with Crippen LogP contribution in [0.2, 0.25) is 0 Å². The molecule has 1 atom stereocenters. The van der Waals surface area contributed by atoms with Gasteiger partial charge in [0.25, 0.3) is 0 Å². The van der Waals surface area contributed by atoms with E-state index in [-0.39, 0.29) is 6.04 Å². The van der Waals surface area contributed by atoms with Crippen LogP contribution in [-0.4, -0.2) is 23.0 Å². The summed E-state index contributed by atoms with van der Waals surface area (Å²) in [5.74, 6) is -0.0367. The molecule has 0 aliphatic carbocycles. The average Bonchev–Trinajstić information content (AvgIpc) is 2.45. The Kier molecular flexibility index (Phi) is 4.56. The quantitative estimate of drug-likeness (QED) is 0.866. The zero-order valence-corrected chi connectivity index (χ0v) is 11.9. The minimum Gasteiger partial charge on any atom is -0.478 e. The van der Waals surface area contributed by atoms with Crippen LogP contribution in [0.5, 0.6) is 0 Å². The molecular formula is C16H20N2O2. The van der Waals surface area contributed by atoms with Gasteiger partial charge >= 0.3 is 5.97 Å². The summed E-state index contributed by atoms with van der Waals surface area (Å²) in [5.41, 5.74) is 1.76. The van der Waals surface area contributed by atoms with E-state index in [4.69, 9.17) is 0 Å². The SMILES string of the molecule is CCCCC1=NC(c2ccccc2)=C(C(=O)O)C(C)N1. The molecule has 0 spiro atoms. The molecule has 0 radical (unpaired) electrons. The number of hydrogen-bond acceptors (Lipinski definition) is 3. The lowest BCUT2D eigenvalue weighted by molar-refractivity contribution is -0.132. The van der Waals surface area contributed by atoms with Gasteiger partial charge in [-0.15, -0.1) is 0 Å². The predicted octanol–water partition coefficient (Wildman–Crippen LogP) is 3.06. The van der Waals surface area contributed by atoms with Crippen LogP contribution in [-0.2, 0) is 4.79 Å². The molecule has 0 saturated heterocycles. The summed E-state index contributed by atoms with van der Waals surface area (Å²) in [7, 11) is 0. The zero-order chi connectivity index (χ0) is 14.5. The van der Waals surface area contributed by atoms with Gasteiger partial charge < -0.3 is 10.4 Å². The van der Waals surface area contributed by atoms with E-state index >= 15 is 0 Å². The van der Waals surface area contributed by atoms with E-state index in [0.717, 1.165) is 30.7 Å². The Morgan fingerprint density at radius 1 is 1.35 bits per heavy atom. The molecule has 0 amide bonds. The van der Waals surface area contributed by atoms with Crippen molar-refractivity contribution in [2.24, 2.45) is 4.99 Å². The number of benzene rings is 1. The molecule has 4 heteroatoms. The minimum absolute atomic E-state index is 0.230. The summed E-state index contributed by atoms with van der Waals surface area (Å²) >= 11 is 0. The smallest absolute Gasteiger partial charge is 0.335 e. The fourth-order valence-corrected chi connectivity index (χ4v) is 2.33. The predicted molar refractivity (Wildman–Crippen MR) is 80.6 cm³/mol. The normalized spacial score (nSPS) is 18.5. The van der Waals surface area contributed by atoms with Crippen molar-refractivity contribution in [1.29, 1.82) is 0 Å². The van der Waals surface area contributed by atoms with Crippen LogP contribution in [0.25, 0.3) is 5.70 Å². The number of aliphatic carboxylic acids is 1. The number of aliphatic imine (C=N–C) groups is 1. The van der Waals surface area contributed by atoms with Crippen LogP contribution in [0.3, 0.4) is 0 Å². The van der Waals surface area contributed by atoms with Crippen LogP contribution in [0, 0.1) is 0 Å². The molecule has 4 nitrogen and oxygen atoms in total. The monoisotopic (exact) mass is 272 g/mol. The second-order valence-corrected chi connectivity index (χ2v) is 4.96. The van der Waals surface area contributed by atoms with Crippen molar-refractivity contribution >= 4 is 17.5 Å². The molecule has 20 heavy (non-hydrogen) atoms. The van der Waals surface area contributed by atoms with E-state index < -0.39 is 5.97 Å². The molecule has 1 unspecified atom stereocenters. The first-order chi connectivity index (χ1) is 9.63. The third-order valence-electron chi connectivity index (χ3n) is 3.36. The van der Waals surface area contributed by atoms with Gasteiger partial charge in [-0.25, -0.2) is 9.79 Å². The molecule has 1 aromatic rings. The highest BCUT2D eigenvalue weighted by Crippen LogP contribution is 2.26. The van der Waals surface area contributed by atoms with Crippen LogP contribution < -0.4 is 5.32 Å². The van der Waals surface area contributed by atoms with E-state index in [9.17, 15) is 9.90 Å². The molecule has 1 aliphatic rings. The first-order valence-electron chi connectivity index (χ1n) is 7.00. The molecule has 0 aromatic heterocycles. The van der Waals surface area contributed by atoms with Gasteiger partial charge in [0, 0.05) is 12.0 Å². The third-order valence-corrected chi connectivity index (χ3v) is 3.36. The van der Waals surface area contributed by atoms with E-state index in [1.54, 1.807) is 0 Å². The van der Waals surface area contributed by atoms with Crippen LogP contribution in [0.4, 0.5) is 0 Å². The van der Waals surface area contributed by atoms with Crippen molar-refractivity contribution in [3.05, 3.63) is 41.5 Å². The molecule has 0 bridgehead atoms. The lowest BCUT2D eigenvalue weighted by Gasteiger charge is -2.25. The maximum Gasteiger partial charge on any atom is 0.335 e. The summed E-state index contributed by atoms with van der Waals surface area (Å²) in [6, 6.07) is 9.28. The highest BCUT2D eigenvalue weighted by atomic mass is 16.4. The van der Waals surface area contributed by atoms with E-state index in [0.29, 0.717) is 11.3 Å². The topological polar surface area (TPSA) is 61.7 Å². The summed E-state index contributed by atoms with van der Waals surface area (Å²) in [6.07, 6.45) is 2.98. The van der Waals surface area contributed by atoms with Crippen molar-refractivity contribution in [1.82, 2.24) is 5.32 Å². The highest BCUT2D eigenvalue weighted by molar-refractivity contribution is 6.03. The molecule has 1 aromatic carbocycles. The summed E-state index contributed by atoms with van der Waals surface area (Å²) in [4.78, 5) is 16.0.